The minimum atomic E-state index is -0.0920. The van der Waals surface area contributed by atoms with Crippen LogP contribution in [0.1, 0.15) is 26.7 Å². The largest absolute Gasteiger partial charge is 0.346 e. The maximum absolute atomic E-state index is 12.1. The van der Waals surface area contributed by atoms with E-state index in [1.54, 1.807) is 6.21 Å². The SMILES string of the molecule is C=C1/N=C\C=C/CN(C2CC[NH2+]CC2)C(=O)N1.CC. The topological polar surface area (TPSA) is 61.3 Å². The molecule has 2 aliphatic rings. The van der Waals surface area contributed by atoms with Crippen molar-refractivity contribution in [3.8, 4) is 0 Å². The second-order valence-electron chi connectivity index (χ2n) is 4.33. The van der Waals surface area contributed by atoms with Crippen LogP contribution in [0.25, 0.3) is 0 Å². The van der Waals surface area contributed by atoms with Crippen LogP contribution in [0.4, 0.5) is 4.79 Å². The fourth-order valence-electron chi connectivity index (χ4n) is 2.21. The Kier molecular flexibility index (Phi) is 6.89. The molecule has 106 valence electrons. The van der Waals surface area contributed by atoms with Crippen LogP contribution < -0.4 is 10.6 Å². The number of rotatable bonds is 1. The van der Waals surface area contributed by atoms with Gasteiger partial charge in [-0.05, 0) is 6.08 Å². The zero-order valence-electron chi connectivity index (χ0n) is 11.9. The van der Waals surface area contributed by atoms with E-state index in [1.807, 2.05) is 30.9 Å². The normalized spacial score (nSPS) is 24.2. The highest BCUT2D eigenvalue weighted by molar-refractivity contribution is 5.79. The molecule has 2 rings (SSSR count). The monoisotopic (exact) mass is 265 g/mol. The quantitative estimate of drug-likeness (QED) is 0.726. The van der Waals surface area contributed by atoms with Crippen LogP contribution in [0.15, 0.2) is 29.5 Å². The van der Waals surface area contributed by atoms with Crippen molar-refractivity contribution in [2.24, 2.45) is 4.99 Å². The van der Waals surface area contributed by atoms with E-state index in [4.69, 9.17) is 0 Å². The standard InChI is InChI=1S/C12H18N4O.C2H6/c1-10-14-6-2-3-9-16(12(17)15-10)11-4-7-13-8-5-11;1-2/h2-3,6,11,13H,1,4-5,7-9H2,(H,15,17);1-2H3/p+1/b3-2-,14-6-;. The summed E-state index contributed by atoms with van der Waals surface area (Å²) in [4.78, 5) is 17.9. The summed E-state index contributed by atoms with van der Waals surface area (Å²) in [5.74, 6) is 0.397. The number of urea groups is 1. The van der Waals surface area contributed by atoms with Crippen LogP contribution in [0.5, 0.6) is 0 Å². The van der Waals surface area contributed by atoms with E-state index >= 15 is 0 Å². The van der Waals surface area contributed by atoms with Gasteiger partial charge in [0.25, 0.3) is 0 Å². The molecule has 1 saturated heterocycles. The first kappa shape index (κ1) is 15.4. The average molecular weight is 265 g/mol. The lowest BCUT2D eigenvalue weighted by atomic mass is 10.1. The third-order valence-electron chi connectivity index (χ3n) is 3.12. The number of nitrogens with two attached hydrogens (primary N) is 1. The van der Waals surface area contributed by atoms with Gasteiger partial charge in [0.1, 0.15) is 5.82 Å². The predicted octanol–water partition coefficient (Wildman–Crippen LogP) is 0.862. The van der Waals surface area contributed by atoms with Gasteiger partial charge in [-0.2, -0.15) is 0 Å². The second kappa shape index (κ2) is 8.48. The van der Waals surface area contributed by atoms with Crippen molar-refractivity contribution in [2.45, 2.75) is 32.7 Å². The Hall–Kier alpha value is -1.62. The number of amides is 2. The first-order chi connectivity index (χ1) is 9.27. The Balaban J connectivity index is 0.000000861. The molecule has 0 aromatic carbocycles. The molecule has 0 spiro atoms. The number of hydrogen-bond acceptors (Lipinski definition) is 2. The highest BCUT2D eigenvalue weighted by atomic mass is 16.2. The molecule has 5 heteroatoms. The molecular weight excluding hydrogens is 240 g/mol. The number of quaternary nitrogens is 1. The molecule has 0 aliphatic carbocycles. The Morgan fingerprint density at radius 1 is 1.42 bits per heavy atom. The maximum Gasteiger partial charge on any atom is 0.323 e. The molecule has 0 unspecified atom stereocenters. The number of allylic oxidation sites excluding steroid dienone is 1. The first-order valence-corrected chi connectivity index (χ1v) is 7.05. The van der Waals surface area contributed by atoms with E-state index < -0.39 is 0 Å². The molecule has 0 radical (unpaired) electrons. The molecule has 5 nitrogen and oxygen atoms in total. The van der Waals surface area contributed by atoms with Crippen molar-refractivity contribution in [3.63, 3.8) is 0 Å². The Bertz CT molecular complexity index is 356. The summed E-state index contributed by atoms with van der Waals surface area (Å²) in [6.45, 7) is 10.5. The molecule has 2 amide bonds. The fourth-order valence-corrected chi connectivity index (χ4v) is 2.21. The molecule has 0 aromatic heterocycles. The highest BCUT2D eigenvalue weighted by Crippen LogP contribution is 2.11. The number of aliphatic imine (C=N–C) groups is 1. The van der Waals surface area contributed by atoms with Gasteiger partial charge in [0.2, 0.25) is 0 Å². The molecular formula is C14H25N4O+. The number of piperidine rings is 1. The molecule has 0 atom stereocenters. The smallest absolute Gasteiger partial charge is 0.323 e. The van der Waals surface area contributed by atoms with E-state index in [9.17, 15) is 4.79 Å². The number of hydrogen-bond donors (Lipinski definition) is 2. The fraction of sp³-hybridized carbons (Fsp3) is 0.571. The van der Waals surface area contributed by atoms with Crippen molar-refractivity contribution in [2.75, 3.05) is 19.6 Å². The molecule has 0 bridgehead atoms. The number of nitrogens with zero attached hydrogens (tertiary/aromatic N) is 2. The first-order valence-electron chi connectivity index (χ1n) is 7.05. The van der Waals surface area contributed by atoms with Gasteiger partial charge < -0.3 is 10.2 Å². The van der Waals surface area contributed by atoms with E-state index in [0.717, 1.165) is 25.9 Å². The summed E-state index contributed by atoms with van der Waals surface area (Å²) in [7, 11) is 0. The van der Waals surface area contributed by atoms with E-state index in [1.165, 1.54) is 0 Å². The summed E-state index contributed by atoms with van der Waals surface area (Å²) >= 11 is 0. The molecule has 0 aromatic rings. The van der Waals surface area contributed by atoms with Crippen LogP contribution in [0.3, 0.4) is 0 Å². The highest BCUT2D eigenvalue weighted by Gasteiger charge is 2.26. The molecule has 1 fully saturated rings. The van der Waals surface area contributed by atoms with Gasteiger partial charge in [0, 0.05) is 31.6 Å². The Labute approximate surface area is 115 Å². The molecule has 2 heterocycles. The van der Waals surface area contributed by atoms with Gasteiger partial charge in [0.15, 0.2) is 0 Å². The Morgan fingerprint density at radius 2 is 2.11 bits per heavy atom. The van der Waals surface area contributed by atoms with Gasteiger partial charge in [-0.15, -0.1) is 0 Å². The minimum absolute atomic E-state index is 0.0920. The summed E-state index contributed by atoms with van der Waals surface area (Å²) in [6, 6.07) is 0.237. The lowest BCUT2D eigenvalue weighted by Crippen LogP contribution is -2.87. The van der Waals surface area contributed by atoms with E-state index in [-0.39, 0.29) is 6.03 Å². The zero-order valence-corrected chi connectivity index (χ0v) is 11.9. The summed E-state index contributed by atoms with van der Waals surface area (Å²) in [6.07, 6.45) is 7.57. The van der Waals surface area contributed by atoms with Crippen LogP contribution in [-0.4, -0.2) is 42.8 Å². The van der Waals surface area contributed by atoms with Gasteiger partial charge in [-0.3, -0.25) is 5.32 Å². The lowest BCUT2D eigenvalue weighted by Gasteiger charge is -2.32. The van der Waals surface area contributed by atoms with Gasteiger partial charge in [-0.25, -0.2) is 9.79 Å². The van der Waals surface area contributed by atoms with Crippen molar-refractivity contribution in [1.82, 2.24) is 10.2 Å². The van der Waals surface area contributed by atoms with Crippen LogP contribution in [-0.2, 0) is 0 Å². The second-order valence-corrected chi connectivity index (χ2v) is 4.33. The number of carbonyl (C=O) groups excluding carboxylic acids is 1. The van der Waals surface area contributed by atoms with Gasteiger partial charge >= 0.3 is 6.03 Å². The van der Waals surface area contributed by atoms with Crippen molar-refractivity contribution in [1.29, 1.82) is 0 Å². The number of carbonyl (C=O) groups is 1. The van der Waals surface area contributed by atoms with Crippen LogP contribution in [0, 0.1) is 0 Å². The predicted molar refractivity (Wildman–Crippen MR) is 78.0 cm³/mol. The van der Waals surface area contributed by atoms with Gasteiger partial charge in [-0.1, -0.05) is 26.5 Å². The van der Waals surface area contributed by atoms with Crippen LogP contribution in [0.2, 0.25) is 0 Å². The van der Waals surface area contributed by atoms with Crippen molar-refractivity contribution < 1.29 is 10.1 Å². The summed E-state index contributed by atoms with van der Waals surface area (Å²) < 4.78 is 0. The molecule has 3 N–H and O–H groups in total. The molecule has 19 heavy (non-hydrogen) atoms. The zero-order chi connectivity index (χ0) is 14.1. The third kappa shape index (κ3) is 4.87. The minimum Gasteiger partial charge on any atom is -0.346 e. The maximum atomic E-state index is 12.1. The molecule has 2 aliphatic heterocycles. The third-order valence-corrected chi connectivity index (χ3v) is 3.12. The van der Waals surface area contributed by atoms with Crippen LogP contribution >= 0.6 is 0 Å². The lowest BCUT2D eigenvalue weighted by molar-refractivity contribution is -0.663. The molecule has 0 saturated carbocycles. The van der Waals surface area contributed by atoms with Gasteiger partial charge in [0.05, 0.1) is 13.1 Å². The van der Waals surface area contributed by atoms with Crippen molar-refractivity contribution in [3.05, 3.63) is 24.6 Å². The number of nitrogens with one attached hydrogen (secondary N) is 1. The average Bonchev–Trinajstić information content (AvgIpc) is 2.52. The van der Waals surface area contributed by atoms with E-state index in [0.29, 0.717) is 18.4 Å². The summed E-state index contributed by atoms with van der Waals surface area (Å²) in [5.41, 5.74) is 0. The summed E-state index contributed by atoms with van der Waals surface area (Å²) in [5, 5.41) is 5.01. The van der Waals surface area contributed by atoms with Crippen molar-refractivity contribution >= 4 is 12.2 Å². The Morgan fingerprint density at radius 3 is 2.79 bits per heavy atom. The van der Waals surface area contributed by atoms with E-state index in [2.05, 4.69) is 22.2 Å².